The van der Waals surface area contributed by atoms with Gasteiger partial charge in [0.2, 0.25) is 0 Å². The molecule has 140 valence electrons. The van der Waals surface area contributed by atoms with E-state index < -0.39 is 22.3 Å². The molecule has 0 radical (unpaired) electrons. The Kier molecular flexibility index (Phi) is 7.36. The molecule has 2 aromatic carbocycles. The van der Waals surface area contributed by atoms with Gasteiger partial charge in [0.05, 0.1) is 16.9 Å². The third-order valence-corrected chi connectivity index (χ3v) is 6.81. The Morgan fingerprint density at radius 2 is 1.73 bits per heavy atom. The second-order valence-electron chi connectivity index (χ2n) is 6.93. The molecule has 0 bridgehead atoms. The van der Waals surface area contributed by atoms with Gasteiger partial charge in [-0.05, 0) is 37.5 Å². The first-order valence-electron chi connectivity index (χ1n) is 9.37. The first-order valence-corrected chi connectivity index (χ1v) is 10.5. The summed E-state index contributed by atoms with van der Waals surface area (Å²) in [6.07, 6.45) is 2.73. The quantitative estimate of drug-likeness (QED) is 0.593. The summed E-state index contributed by atoms with van der Waals surface area (Å²) >= 11 is 0. The molecule has 26 heavy (non-hydrogen) atoms. The smallest absolute Gasteiger partial charge is 0.0892 e. The van der Waals surface area contributed by atoms with Crippen molar-refractivity contribution in [2.45, 2.75) is 57.5 Å². The van der Waals surface area contributed by atoms with Crippen LogP contribution in [0.2, 0.25) is 0 Å². The molecule has 0 spiro atoms. The Morgan fingerprint density at radius 1 is 1.12 bits per heavy atom. The van der Waals surface area contributed by atoms with Gasteiger partial charge in [-0.3, -0.25) is 0 Å². The molecule has 0 aromatic heterocycles. The molecular formula is C23H30O2S. The molecular weight excluding hydrogens is 340 g/mol. The molecule has 2 rings (SSSR count). The second-order valence-corrected chi connectivity index (χ2v) is 8.43. The van der Waals surface area contributed by atoms with E-state index in [4.69, 9.17) is 0 Å². The van der Waals surface area contributed by atoms with Crippen LogP contribution in [0.25, 0.3) is 0 Å². The van der Waals surface area contributed by atoms with Gasteiger partial charge in [-0.2, -0.15) is 0 Å². The zero-order valence-corrected chi connectivity index (χ0v) is 16.9. The van der Waals surface area contributed by atoms with E-state index in [1.807, 2.05) is 61.5 Å². The molecule has 3 atom stereocenters. The molecule has 1 N–H and O–H groups in total. The van der Waals surface area contributed by atoms with Crippen molar-refractivity contribution >= 4 is 10.8 Å². The fourth-order valence-corrected chi connectivity index (χ4v) is 4.83. The van der Waals surface area contributed by atoms with Gasteiger partial charge in [0, 0.05) is 15.2 Å². The van der Waals surface area contributed by atoms with Gasteiger partial charge < -0.3 is 5.11 Å². The van der Waals surface area contributed by atoms with E-state index >= 15 is 0 Å². The van der Waals surface area contributed by atoms with Crippen molar-refractivity contribution in [3.63, 3.8) is 0 Å². The van der Waals surface area contributed by atoms with Gasteiger partial charge in [-0.15, -0.1) is 0 Å². The summed E-state index contributed by atoms with van der Waals surface area (Å²) in [6, 6.07) is 17.4. The summed E-state index contributed by atoms with van der Waals surface area (Å²) in [5, 5.41) is 11.3. The molecule has 0 saturated carbocycles. The molecule has 0 aliphatic heterocycles. The van der Waals surface area contributed by atoms with Crippen LogP contribution in [0.3, 0.4) is 0 Å². The molecule has 0 fully saturated rings. The maximum Gasteiger partial charge on any atom is 0.0892 e. The Balaban J connectivity index is 2.43. The fourth-order valence-electron chi connectivity index (χ4n) is 3.43. The lowest BCUT2D eigenvalue weighted by Gasteiger charge is -2.39. The molecule has 3 unspecified atom stereocenters. The second kappa shape index (κ2) is 9.29. The van der Waals surface area contributed by atoms with E-state index in [0.717, 1.165) is 35.3 Å². The number of rotatable bonds is 9. The van der Waals surface area contributed by atoms with Crippen molar-refractivity contribution in [2.75, 3.05) is 0 Å². The van der Waals surface area contributed by atoms with Crippen LogP contribution in [0, 0.1) is 12.3 Å². The topological polar surface area (TPSA) is 37.3 Å². The minimum absolute atomic E-state index is 0.604. The lowest BCUT2D eigenvalue weighted by molar-refractivity contribution is 0.0436. The molecule has 0 saturated heterocycles. The van der Waals surface area contributed by atoms with Gasteiger partial charge in [0.15, 0.2) is 0 Å². The summed E-state index contributed by atoms with van der Waals surface area (Å²) in [7, 11) is -1.36. The third kappa shape index (κ3) is 4.33. The van der Waals surface area contributed by atoms with Gasteiger partial charge >= 0.3 is 0 Å². The van der Waals surface area contributed by atoms with Crippen molar-refractivity contribution in [3.05, 3.63) is 77.2 Å². The first-order chi connectivity index (χ1) is 12.5. The molecule has 2 aromatic rings. The number of aliphatic hydroxyl groups excluding tert-OH is 1. The Morgan fingerprint density at radius 3 is 2.27 bits per heavy atom. The zero-order chi connectivity index (χ0) is 19.2. The van der Waals surface area contributed by atoms with Crippen molar-refractivity contribution < 1.29 is 9.32 Å². The van der Waals surface area contributed by atoms with Crippen molar-refractivity contribution in [2.24, 2.45) is 5.41 Å². The Bertz CT molecular complexity index is 737. The highest BCUT2D eigenvalue weighted by atomic mass is 32.2. The largest absolute Gasteiger partial charge is 0.387 e. The van der Waals surface area contributed by atoms with Crippen LogP contribution in [-0.4, -0.2) is 9.32 Å². The number of benzene rings is 2. The number of unbranched alkanes of at least 4 members (excludes halogenated alkanes) is 1. The lowest BCUT2D eigenvalue weighted by atomic mass is 9.73. The van der Waals surface area contributed by atoms with E-state index in [1.165, 1.54) is 0 Å². The van der Waals surface area contributed by atoms with Gasteiger partial charge in [0.25, 0.3) is 0 Å². The summed E-state index contributed by atoms with van der Waals surface area (Å²) < 4.78 is 13.3. The standard InChI is InChI=1S/C23H30O2S/c1-5-7-17-23(6-2,22(24)20-11-9-8-10-12-20)19(4)26(25)21-15-13-18(3)14-16-21/h8-16,22,24H,4-7,17H2,1-3H3. The summed E-state index contributed by atoms with van der Waals surface area (Å²) in [5.74, 6) is 0. The van der Waals surface area contributed by atoms with Gasteiger partial charge in [0.1, 0.15) is 0 Å². The normalized spacial score (nSPS) is 15.8. The predicted octanol–water partition coefficient (Wildman–Crippen LogP) is 5.94. The minimum atomic E-state index is -1.36. The number of aliphatic hydroxyl groups is 1. The number of aryl methyl sites for hydroxylation is 1. The SMILES string of the molecule is C=C(S(=O)c1ccc(C)cc1)C(CC)(CCCC)C(O)c1ccccc1. The molecule has 3 heteroatoms. The molecule has 2 nitrogen and oxygen atoms in total. The van der Waals surface area contributed by atoms with E-state index in [-0.39, 0.29) is 0 Å². The van der Waals surface area contributed by atoms with Crippen LogP contribution < -0.4 is 0 Å². The highest BCUT2D eigenvalue weighted by Gasteiger charge is 2.41. The summed E-state index contributed by atoms with van der Waals surface area (Å²) in [4.78, 5) is 1.36. The Hall–Kier alpha value is -1.71. The van der Waals surface area contributed by atoms with Crippen LogP contribution in [0.1, 0.15) is 56.8 Å². The minimum Gasteiger partial charge on any atom is -0.387 e. The van der Waals surface area contributed by atoms with Crippen molar-refractivity contribution in [3.8, 4) is 0 Å². The van der Waals surface area contributed by atoms with E-state index in [0.29, 0.717) is 11.3 Å². The fraction of sp³-hybridized carbons (Fsp3) is 0.391. The molecule has 0 heterocycles. The summed E-state index contributed by atoms with van der Waals surface area (Å²) in [6.45, 7) is 10.4. The molecule has 0 aliphatic carbocycles. The maximum atomic E-state index is 13.3. The lowest BCUT2D eigenvalue weighted by Crippen LogP contribution is -2.32. The van der Waals surface area contributed by atoms with Crippen LogP contribution in [-0.2, 0) is 10.8 Å². The van der Waals surface area contributed by atoms with E-state index in [9.17, 15) is 9.32 Å². The average Bonchev–Trinajstić information content (AvgIpc) is 2.69. The van der Waals surface area contributed by atoms with Crippen LogP contribution in [0.15, 0.2) is 71.0 Å². The molecule has 0 aliphatic rings. The third-order valence-electron chi connectivity index (χ3n) is 5.26. The van der Waals surface area contributed by atoms with Crippen LogP contribution >= 0.6 is 0 Å². The monoisotopic (exact) mass is 370 g/mol. The predicted molar refractivity (Wildman–Crippen MR) is 110 cm³/mol. The zero-order valence-electron chi connectivity index (χ0n) is 16.1. The van der Waals surface area contributed by atoms with Crippen LogP contribution in [0.5, 0.6) is 0 Å². The number of hydrogen-bond donors (Lipinski definition) is 1. The maximum absolute atomic E-state index is 13.3. The van der Waals surface area contributed by atoms with Gasteiger partial charge in [-0.25, -0.2) is 4.21 Å². The van der Waals surface area contributed by atoms with E-state index in [1.54, 1.807) is 0 Å². The average molecular weight is 371 g/mol. The van der Waals surface area contributed by atoms with Crippen molar-refractivity contribution in [1.82, 2.24) is 0 Å². The first kappa shape index (κ1) is 20.6. The van der Waals surface area contributed by atoms with Crippen molar-refractivity contribution in [1.29, 1.82) is 0 Å². The highest BCUT2D eigenvalue weighted by molar-refractivity contribution is 7.89. The van der Waals surface area contributed by atoms with E-state index in [2.05, 4.69) is 20.4 Å². The number of hydrogen-bond acceptors (Lipinski definition) is 2. The Labute approximate surface area is 160 Å². The van der Waals surface area contributed by atoms with Gasteiger partial charge in [-0.1, -0.05) is 81.3 Å². The summed E-state index contributed by atoms with van der Waals surface area (Å²) in [5.41, 5.74) is 1.38. The highest BCUT2D eigenvalue weighted by Crippen LogP contribution is 2.49. The van der Waals surface area contributed by atoms with Crippen LogP contribution in [0.4, 0.5) is 0 Å². The molecule has 0 amide bonds.